The van der Waals surface area contributed by atoms with E-state index in [4.69, 9.17) is 0 Å². The number of piperidine rings is 1. The molecule has 0 amide bonds. The number of hydrogen-bond donors (Lipinski definition) is 2. The number of halogens is 1. The summed E-state index contributed by atoms with van der Waals surface area (Å²) in [4.78, 5) is 0. The van der Waals surface area contributed by atoms with E-state index >= 15 is 0 Å². The topological polar surface area (TPSA) is 66.5 Å². The first kappa shape index (κ1) is 11.8. The van der Waals surface area contributed by atoms with Crippen molar-refractivity contribution in [2.45, 2.75) is 18.3 Å². The number of hydrogen-bond acceptors (Lipinski definition) is 4. The average molecular weight is 308 g/mol. The highest BCUT2D eigenvalue weighted by molar-refractivity contribution is 9.10. The van der Waals surface area contributed by atoms with Gasteiger partial charge in [-0.3, -0.25) is 0 Å². The summed E-state index contributed by atoms with van der Waals surface area (Å²) in [6.45, 7) is 1.95. The molecule has 2 aromatic rings. The van der Waals surface area contributed by atoms with Crippen molar-refractivity contribution in [3.63, 3.8) is 0 Å². The third-order valence-corrected chi connectivity index (χ3v) is 4.10. The van der Waals surface area contributed by atoms with E-state index in [0.717, 1.165) is 36.2 Å². The number of H-pyrrole nitrogens is 1. The van der Waals surface area contributed by atoms with Gasteiger partial charge in [0.25, 0.3) is 0 Å². The molecule has 6 heteroatoms. The molecule has 1 aromatic heterocycles. The van der Waals surface area contributed by atoms with Crippen molar-refractivity contribution in [3.05, 3.63) is 40.1 Å². The molecule has 0 unspecified atom stereocenters. The number of aromatic amines is 1. The molecule has 0 radical (unpaired) electrons. The van der Waals surface area contributed by atoms with Crippen molar-refractivity contribution in [2.24, 2.45) is 0 Å². The Morgan fingerprint density at radius 1 is 1.22 bits per heavy atom. The lowest BCUT2D eigenvalue weighted by molar-refractivity contribution is 0.346. The molecule has 0 aliphatic carbocycles. The highest BCUT2D eigenvalue weighted by atomic mass is 79.9. The lowest BCUT2D eigenvalue weighted by Crippen LogP contribution is -2.41. The van der Waals surface area contributed by atoms with Crippen molar-refractivity contribution in [1.82, 2.24) is 25.9 Å². The Labute approximate surface area is 113 Å². The summed E-state index contributed by atoms with van der Waals surface area (Å²) in [7, 11) is 0. The SMILES string of the molecule is Brc1cccc(C2(c3nn[nH]n3)CCNCC2)c1. The average Bonchev–Trinajstić information content (AvgIpc) is 2.94. The number of tetrazole rings is 1. The third kappa shape index (κ3) is 1.95. The minimum Gasteiger partial charge on any atom is -0.317 e. The molecule has 1 aliphatic heterocycles. The van der Waals surface area contributed by atoms with Crippen molar-refractivity contribution in [2.75, 3.05) is 13.1 Å². The van der Waals surface area contributed by atoms with E-state index in [1.165, 1.54) is 5.56 Å². The summed E-state index contributed by atoms with van der Waals surface area (Å²) in [6.07, 6.45) is 1.98. The van der Waals surface area contributed by atoms with Gasteiger partial charge in [-0.1, -0.05) is 33.3 Å². The molecular formula is C12H14BrN5. The molecule has 5 nitrogen and oxygen atoms in total. The van der Waals surface area contributed by atoms with Gasteiger partial charge in [0.2, 0.25) is 0 Å². The molecule has 1 fully saturated rings. The van der Waals surface area contributed by atoms with Crippen molar-refractivity contribution in [3.8, 4) is 0 Å². The van der Waals surface area contributed by atoms with Crippen molar-refractivity contribution < 1.29 is 0 Å². The van der Waals surface area contributed by atoms with Gasteiger partial charge in [-0.25, -0.2) is 0 Å². The zero-order valence-corrected chi connectivity index (χ0v) is 11.4. The number of rotatable bonds is 2. The Bertz CT molecular complexity index is 519. The molecule has 0 spiro atoms. The van der Waals surface area contributed by atoms with E-state index in [1.54, 1.807) is 0 Å². The third-order valence-electron chi connectivity index (χ3n) is 3.61. The number of nitrogens with one attached hydrogen (secondary N) is 2. The summed E-state index contributed by atoms with van der Waals surface area (Å²) in [5, 5.41) is 18.1. The summed E-state index contributed by atoms with van der Waals surface area (Å²) in [5.41, 5.74) is 1.13. The Balaban J connectivity index is 2.10. The fraction of sp³-hybridized carbons (Fsp3) is 0.417. The Kier molecular flexibility index (Phi) is 3.13. The lowest BCUT2D eigenvalue weighted by atomic mass is 9.72. The molecule has 18 heavy (non-hydrogen) atoms. The highest BCUT2D eigenvalue weighted by Crippen LogP contribution is 2.38. The van der Waals surface area contributed by atoms with Crippen LogP contribution in [0.3, 0.4) is 0 Å². The van der Waals surface area contributed by atoms with Gasteiger partial charge in [0.1, 0.15) is 0 Å². The molecule has 3 rings (SSSR count). The molecule has 1 saturated heterocycles. The number of aromatic nitrogens is 4. The first-order chi connectivity index (χ1) is 8.81. The molecule has 0 saturated carbocycles. The molecule has 1 aliphatic rings. The van der Waals surface area contributed by atoms with Crippen LogP contribution in [0.4, 0.5) is 0 Å². The number of benzene rings is 1. The molecule has 2 heterocycles. The van der Waals surface area contributed by atoms with Gasteiger partial charge in [-0.15, -0.1) is 10.2 Å². The first-order valence-corrected chi connectivity index (χ1v) is 6.81. The van der Waals surface area contributed by atoms with E-state index in [-0.39, 0.29) is 5.41 Å². The van der Waals surface area contributed by atoms with Crippen molar-refractivity contribution >= 4 is 15.9 Å². The summed E-state index contributed by atoms with van der Waals surface area (Å²) in [6, 6.07) is 8.39. The normalized spacial score (nSPS) is 18.7. The molecule has 94 valence electrons. The monoisotopic (exact) mass is 307 g/mol. The maximum atomic E-state index is 4.23. The van der Waals surface area contributed by atoms with Gasteiger partial charge in [-0.05, 0) is 43.6 Å². The van der Waals surface area contributed by atoms with E-state index < -0.39 is 0 Å². The quantitative estimate of drug-likeness (QED) is 0.885. The largest absolute Gasteiger partial charge is 0.317 e. The van der Waals surface area contributed by atoms with Crippen LogP contribution in [0.25, 0.3) is 0 Å². The molecule has 0 bridgehead atoms. The molecule has 0 atom stereocenters. The van der Waals surface area contributed by atoms with Crippen molar-refractivity contribution in [1.29, 1.82) is 0 Å². The predicted octanol–water partition coefficient (Wildman–Crippen LogP) is 1.63. The van der Waals surface area contributed by atoms with Crippen LogP contribution in [-0.4, -0.2) is 33.7 Å². The summed E-state index contributed by atoms with van der Waals surface area (Å²) < 4.78 is 1.08. The molecule has 1 aromatic carbocycles. The maximum absolute atomic E-state index is 4.23. The van der Waals surface area contributed by atoms with Gasteiger partial charge in [0.15, 0.2) is 5.82 Å². The summed E-state index contributed by atoms with van der Waals surface area (Å²) in [5.74, 6) is 0.794. The van der Waals surface area contributed by atoms with Crippen LogP contribution < -0.4 is 5.32 Å². The van der Waals surface area contributed by atoms with Crippen LogP contribution >= 0.6 is 15.9 Å². The minimum atomic E-state index is -0.123. The van der Waals surface area contributed by atoms with E-state index in [1.807, 2.05) is 6.07 Å². The van der Waals surface area contributed by atoms with Crippen LogP contribution in [0, 0.1) is 0 Å². The minimum absolute atomic E-state index is 0.123. The standard InChI is InChI=1S/C12H14BrN5/c13-10-3-1-2-9(8-10)12(4-6-14-7-5-12)11-15-17-18-16-11/h1-3,8,14H,4-7H2,(H,15,16,17,18). The lowest BCUT2D eigenvalue weighted by Gasteiger charge is -2.35. The Hall–Kier alpha value is -1.27. The van der Waals surface area contributed by atoms with Crippen LogP contribution in [-0.2, 0) is 5.41 Å². The smallest absolute Gasteiger partial charge is 0.185 e. The van der Waals surface area contributed by atoms with Gasteiger partial charge >= 0.3 is 0 Å². The van der Waals surface area contributed by atoms with Gasteiger partial charge < -0.3 is 5.32 Å². The van der Waals surface area contributed by atoms with E-state index in [0.29, 0.717) is 0 Å². The zero-order chi connectivity index (χ0) is 12.4. The van der Waals surface area contributed by atoms with Crippen LogP contribution in [0.15, 0.2) is 28.7 Å². The Morgan fingerprint density at radius 2 is 2.06 bits per heavy atom. The van der Waals surface area contributed by atoms with Gasteiger partial charge in [0, 0.05) is 4.47 Å². The van der Waals surface area contributed by atoms with Crippen LogP contribution in [0.2, 0.25) is 0 Å². The summed E-state index contributed by atoms with van der Waals surface area (Å²) >= 11 is 3.54. The second-order valence-corrected chi connectivity index (χ2v) is 5.49. The second-order valence-electron chi connectivity index (χ2n) is 4.58. The predicted molar refractivity (Wildman–Crippen MR) is 71.2 cm³/mol. The fourth-order valence-corrected chi connectivity index (χ4v) is 3.04. The zero-order valence-electron chi connectivity index (χ0n) is 9.86. The molecular weight excluding hydrogens is 294 g/mol. The Morgan fingerprint density at radius 3 is 2.72 bits per heavy atom. The van der Waals surface area contributed by atoms with Crippen LogP contribution in [0.1, 0.15) is 24.2 Å². The van der Waals surface area contributed by atoms with Crippen LogP contribution in [0.5, 0.6) is 0 Å². The van der Waals surface area contributed by atoms with Gasteiger partial charge in [0.05, 0.1) is 5.41 Å². The first-order valence-electron chi connectivity index (χ1n) is 6.02. The highest BCUT2D eigenvalue weighted by Gasteiger charge is 2.39. The fourth-order valence-electron chi connectivity index (χ4n) is 2.65. The molecule has 2 N–H and O–H groups in total. The number of nitrogens with zero attached hydrogens (tertiary/aromatic N) is 3. The second kappa shape index (κ2) is 4.78. The van der Waals surface area contributed by atoms with E-state index in [9.17, 15) is 0 Å². The van der Waals surface area contributed by atoms with Gasteiger partial charge in [-0.2, -0.15) is 5.21 Å². The maximum Gasteiger partial charge on any atom is 0.185 e. The van der Waals surface area contributed by atoms with E-state index in [2.05, 4.69) is 60.1 Å².